The molecule has 0 aliphatic heterocycles. The van der Waals surface area contributed by atoms with E-state index >= 15 is 0 Å². The molecule has 2 rings (SSSR count). The second-order valence-corrected chi connectivity index (χ2v) is 2.33. The molecule has 0 bridgehead atoms. The number of hydrogen-bond acceptors (Lipinski definition) is 4. The zero-order chi connectivity index (χ0) is 9.10. The molecule has 70 valence electrons. The smallest absolute Gasteiger partial charge is 0.173 e. The van der Waals surface area contributed by atoms with Crippen molar-refractivity contribution in [3.05, 3.63) is 36.5 Å². The Morgan fingerprint density at radius 1 is 1.43 bits per heavy atom. The Morgan fingerprint density at radius 2 is 2.29 bits per heavy atom. The third kappa shape index (κ3) is 1.70. The minimum Gasteiger partial charge on any atom is -0.236 e. The normalized spacial score (nSPS) is 8.79. The minimum atomic E-state index is 0. The third-order valence-electron chi connectivity index (χ3n) is 1.54. The van der Waals surface area contributed by atoms with E-state index in [0.717, 1.165) is 0 Å². The first kappa shape index (κ1) is 10.2. The van der Waals surface area contributed by atoms with Gasteiger partial charge in [0.25, 0.3) is 0 Å². The fourth-order valence-electron chi connectivity index (χ4n) is 0.984. The molecule has 0 fully saturated rings. The Kier molecular flexibility index (Phi) is 3.15. The van der Waals surface area contributed by atoms with Crippen molar-refractivity contribution in [2.24, 2.45) is 0 Å². The highest BCUT2D eigenvalue weighted by Crippen LogP contribution is 2.06. The van der Waals surface area contributed by atoms with Crippen LogP contribution in [0.4, 0.5) is 0 Å². The summed E-state index contributed by atoms with van der Waals surface area (Å²) in [5.41, 5.74) is 0.480. The number of halogens is 1. The van der Waals surface area contributed by atoms with Gasteiger partial charge in [0.2, 0.25) is 0 Å². The number of pyridine rings is 1. The molecule has 2 heterocycles. The molecule has 6 heteroatoms. The van der Waals surface area contributed by atoms with Gasteiger partial charge < -0.3 is 0 Å². The number of aromatic nitrogens is 4. The lowest BCUT2D eigenvalue weighted by atomic mass is 10.3. The molecule has 2 aromatic rings. The molecular formula is C8H6ClN5. The van der Waals surface area contributed by atoms with E-state index in [1.54, 1.807) is 18.3 Å². The highest BCUT2D eigenvalue weighted by molar-refractivity contribution is 5.85. The van der Waals surface area contributed by atoms with Crippen LogP contribution in [0.15, 0.2) is 31.0 Å². The van der Waals surface area contributed by atoms with Crippen molar-refractivity contribution in [2.75, 3.05) is 0 Å². The lowest BCUT2D eigenvalue weighted by molar-refractivity contribution is 0.841. The van der Waals surface area contributed by atoms with Gasteiger partial charge >= 0.3 is 0 Å². The van der Waals surface area contributed by atoms with E-state index in [-0.39, 0.29) is 12.4 Å². The van der Waals surface area contributed by atoms with E-state index in [1.165, 1.54) is 17.3 Å². The lowest BCUT2D eigenvalue weighted by Gasteiger charge is -1.99. The fourth-order valence-corrected chi connectivity index (χ4v) is 0.984. The van der Waals surface area contributed by atoms with Gasteiger partial charge in [-0.3, -0.25) is 0 Å². The molecule has 0 aliphatic rings. The van der Waals surface area contributed by atoms with Crippen LogP contribution in [0.25, 0.3) is 5.82 Å². The zero-order valence-corrected chi connectivity index (χ0v) is 7.85. The van der Waals surface area contributed by atoms with Crippen LogP contribution in [-0.2, 0) is 0 Å². The Hall–Kier alpha value is -1.93. The third-order valence-corrected chi connectivity index (χ3v) is 1.54. The van der Waals surface area contributed by atoms with Crippen LogP contribution in [0.3, 0.4) is 0 Å². The van der Waals surface area contributed by atoms with Crippen molar-refractivity contribution in [2.45, 2.75) is 0 Å². The molecule has 0 saturated heterocycles. The topological polar surface area (TPSA) is 67.4 Å². The van der Waals surface area contributed by atoms with Crippen LogP contribution in [0.5, 0.6) is 0 Å². The molecule has 0 amide bonds. The molecule has 5 nitrogen and oxygen atoms in total. The number of nitrogens with zero attached hydrogens (tertiary/aromatic N) is 5. The average Bonchev–Trinajstić information content (AvgIpc) is 2.70. The van der Waals surface area contributed by atoms with Crippen molar-refractivity contribution in [1.82, 2.24) is 19.7 Å². The number of hydrogen-bond donors (Lipinski definition) is 0. The van der Waals surface area contributed by atoms with Gasteiger partial charge in [0, 0.05) is 6.20 Å². The molecule has 0 saturated carbocycles. The maximum atomic E-state index is 8.77. The zero-order valence-electron chi connectivity index (χ0n) is 7.03. The highest BCUT2D eigenvalue weighted by Gasteiger charge is 2.03. The maximum Gasteiger partial charge on any atom is 0.173 e. The fraction of sp³-hybridized carbons (Fsp3) is 0. The molecule has 0 aliphatic carbocycles. The monoisotopic (exact) mass is 207 g/mol. The summed E-state index contributed by atoms with van der Waals surface area (Å²) >= 11 is 0. The molecule has 0 spiro atoms. The Labute approximate surface area is 86.4 Å². The van der Waals surface area contributed by atoms with Crippen molar-refractivity contribution in [3.63, 3.8) is 0 Å². The van der Waals surface area contributed by atoms with Crippen LogP contribution < -0.4 is 0 Å². The molecule has 14 heavy (non-hydrogen) atoms. The maximum absolute atomic E-state index is 8.77. The van der Waals surface area contributed by atoms with Crippen molar-refractivity contribution >= 4 is 12.4 Å². The Bertz CT molecular complexity index is 445. The summed E-state index contributed by atoms with van der Waals surface area (Å²) in [6.07, 6.45) is 4.51. The summed E-state index contributed by atoms with van der Waals surface area (Å²) in [6.45, 7) is 0. The van der Waals surface area contributed by atoms with Gasteiger partial charge in [-0.2, -0.15) is 10.4 Å². The lowest BCUT2D eigenvalue weighted by Crippen LogP contribution is -2.00. The first-order valence-corrected chi connectivity index (χ1v) is 3.62. The Morgan fingerprint density at radius 3 is 2.93 bits per heavy atom. The first-order valence-electron chi connectivity index (χ1n) is 3.62. The number of nitriles is 1. The van der Waals surface area contributed by atoms with Crippen LogP contribution in [-0.4, -0.2) is 19.7 Å². The van der Waals surface area contributed by atoms with E-state index in [1.807, 2.05) is 6.07 Å². The van der Waals surface area contributed by atoms with Crippen molar-refractivity contribution in [1.29, 1.82) is 5.26 Å². The molecule has 0 N–H and O–H groups in total. The standard InChI is InChI=1S/C8H5N5.ClH/c9-4-7-2-1-3-11-8(7)13-6-10-5-12-13;/h1-3,5-6H;1H. The molecular weight excluding hydrogens is 202 g/mol. The SMILES string of the molecule is Cl.N#Cc1cccnc1-n1cncn1. The minimum absolute atomic E-state index is 0. The summed E-state index contributed by atoms with van der Waals surface area (Å²) < 4.78 is 1.46. The van der Waals surface area contributed by atoms with E-state index in [0.29, 0.717) is 11.4 Å². The van der Waals surface area contributed by atoms with Crippen LogP contribution in [0, 0.1) is 11.3 Å². The van der Waals surface area contributed by atoms with E-state index in [2.05, 4.69) is 15.1 Å². The quantitative estimate of drug-likeness (QED) is 0.699. The molecule has 0 radical (unpaired) electrons. The summed E-state index contributed by atoms with van der Waals surface area (Å²) in [4.78, 5) is 7.81. The van der Waals surface area contributed by atoms with E-state index in [9.17, 15) is 0 Å². The van der Waals surface area contributed by atoms with Crippen molar-refractivity contribution < 1.29 is 0 Å². The van der Waals surface area contributed by atoms with Gasteiger partial charge in [0.15, 0.2) is 5.82 Å². The summed E-state index contributed by atoms with van der Waals surface area (Å²) in [5.74, 6) is 0.502. The van der Waals surface area contributed by atoms with Gasteiger partial charge in [-0.15, -0.1) is 12.4 Å². The van der Waals surface area contributed by atoms with Crippen LogP contribution in [0.2, 0.25) is 0 Å². The van der Waals surface area contributed by atoms with E-state index < -0.39 is 0 Å². The van der Waals surface area contributed by atoms with Gasteiger partial charge in [-0.05, 0) is 12.1 Å². The number of rotatable bonds is 1. The molecule has 0 aromatic carbocycles. The predicted octanol–water partition coefficient (Wildman–Crippen LogP) is 0.956. The van der Waals surface area contributed by atoms with E-state index in [4.69, 9.17) is 5.26 Å². The second-order valence-electron chi connectivity index (χ2n) is 2.33. The average molecular weight is 208 g/mol. The summed E-state index contributed by atoms with van der Waals surface area (Å²) in [6, 6.07) is 5.42. The highest BCUT2D eigenvalue weighted by atomic mass is 35.5. The van der Waals surface area contributed by atoms with Crippen LogP contribution >= 0.6 is 12.4 Å². The summed E-state index contributed by atoms with van der Waals surface area (Å²) in [5, 5.41) is 12.7. The van der Waals surface area contributed by atoms with Gasteiger partial charge in [0.1, 0.15) is 18.7 Å². The summed E-state index contributed by atoms with van der Waals surface area (Å²) in [7, 11) is 0. The molecule has 2 aromatic heterocycles. The largest absolute Gasteiger partial charge is 0.236 e. The second kappa shape index (κ2) is 4.35. The van der Waals surface area contributed by atoms with Crippen molar-refractivity contribution in [3.8, 4) is 11.9 Å². The van der Waals surface area contributed by atoms with Gasteiger partial charge in [-0.1, -0.05) is 0 Å². The Balaban J connectivity index is 0.000000980. The first-order chi connectivity index (χ1) is 6.42. The van der Waals surface area contributed by atoms with Gasteiger partial charge in [-0.25, -0.2) is 14.6 Å². The van der Waals surface area contributed by atoms with Gasteiger partial charge in [0.05, 0.1) is 5.56 Å². The predicted molar refractivity (Wildman–Crippen MR) is 51.1 cm³/mol. The molecule has 0 atom stereocenters. The van der Waals surface area contributed by atoms with Crippen LogP contribution in [0.1, 0.15) is 5.56 Å². The molecule has 0 unspecified atom stereocenters.